The van der Waals surface area contributed by atoms with Crippen molar-refractivity contribution in [2.45, 2.75) is 57.7 Å². The van der Waals surface area contributed by atoms with Crippen molar-refractivity contribution < 1.29 is 22.7 Å². The quantitative estimate of drug-likeness (QED) is 0.249. The third-order valence-electron chi connectivity index (χ3n) is 7.26. The monoisotopic (exact) mass is 631 g/mol. The van der Waals surface area contributed by atoms with E-state index in [4.69, 9.17) is 27.9 Å². The van der Waals surface area contributed by atoms with Gasteiger partial charge in [-0.1, -0.05) is 67.2 Å². The molecule has 0 radical (unpaired) electrons. The lowest BCUT2D eigenvalue weighted by Gasteiger charge is -2.33. The third kappa shape index (κ3) is 8.18. The van der Waals surface area contributed by atoms with Crippen molar-refractivity contribution in [1.29, 1.82) is 0 Å². The van der Waals surface area contributed by atoms with E-state index < -0.39 is 28.5 Å². The SMILES string of the molecule is CCC(C(=O)NC1CCCC1)N(Cc1c(Cl)cccc1Cl)C(=O)CN(c1ccc(Oc2ccccc2)cc1)S(C)(=O)=O. The van der Waals surface area contributed by atoms with Crippen LogP contribution in [-0.2, 0) is 26.2 Å². The molecule has 0 aliphatic heterocycles. The van der Waals surface area contributed by atoms with E-state index >= 15 is 0 Å². The zero-order valence-corrected chi connectivity index (χ0v) is 26.0. The molecule has 3 aromatic carbocycles. The number of anilines is 1. The van der Waals surface area contributed by atoms with Crippen molar-refractivity contribution in [3.8, 4) is 11.5 Å². The molecule has 0 aromatic heterocycles. The van der Waals surface area contributed by atoms with E-state index in [1.807, 2.05) is 37.3 Å². The Bertz CT molecular complexity index is 1460. The van der Waals surface area contributed by atoms with Crippen molar-refractivity contribution in [2.75, 3.05) is 17.1 Å². The molecular weight excluding hydrogens is 597 g/mol. The second-order valence-corrected chi connectivity index (χ2v) is 13.0. The van der Waals surface area contributed by atoms with Gasteiger partial charge in [-0.2, -0.15) is 0 Å². The van der Waals surface area contributed by atoms with Crippen LogP contribution in [0.5, 0.6) is 11.5 Å². The number of hydrogen-bond donors (Lipinski definition) is 1. The van der Waals surface area contributed by atoms with Gasteiger partial charge in [-0.3, -0.25) is 13.9 Å². The minimum Gasteiger partial charge on any atom is -0.457 e. The Balaban J connectivity index is 1.61. The molecule has 2 amide bonds. The average molecular weight is 633 g/mol. The summed E-state index contributed by atoms with van der Waals surface area (Å²) in [5.74, 6) is 0.300. The van der Waals surface area contributed by atoms with Crippen LogP contribution in [0.15, 0.2) is 72.8 Å². The fourth-order valence-corrected chi connectivity index (χ4v) is 6.43. The summed E-state index contributed by atoms with van der Waals surface area (Å²) in [4.78, 5) is 28.8. The topological polar surface area (TPSA) is 96.0 Å². The van der Waals surface area contributed by atoms with E-state index in [0.717, 1.165) is 36.2 Å². The second kappa shape index (κ2) is 14.3. The van der Waals surface area contributed by atoms with Crippen LogP contribution in [-0.4, -0.2) is 50.0 Å². The minimum atomic E-state index is -3.89. The van der Waals surface area contributed by atoms with Crippen LogP contribution >= 0.6 is 23.2 Å². The van der Waals surface area contributed by atoms with Crippen molar-refractivity contribution >= 4 is 50.7 Å². The number of ether oxygens (including phenoxy) is 1. The first-order chi connectivity index (χ1) is 20.1. The molecule has 3 aromatic rings. The van der Waals surface area contributed by atoms with Crippen LogP contribution in [0.2, 0.25) is 10.0 Å². The minimum absolute atomic E-state index is 0.0524. The second-order valence-electron chi connectivity index (χ2n) is 10.3. The van der Waals surface area contributed by atoms with Crippen LogP contribution in [0.1, 0.15) is 44.6 Å². The zero-order chi connectivity index (χ0) is 30.3. The van der Waals surface area contributed by atoms with E-state index in [0.29, 0.717) is 33.5 Å². The van der Waals surface area contributed by atoms with Gasteiger partial charge >= 0.3 is 0 Å². The van der Waals surface area contributed by atoms with Gasteiger partial charge < -0.3 is 15.0 Å². The fraction of sp³-hybridized carbons (Fsp3) is 0.355. The summed E-state index contributed by atoms with van der Waals surface area (Å²) in [7, 11) is -3.89. The van der Waals surface area contributed by atoms with Gasteiger partial charge in [0, 0.05) is 28.2 Å². The van der Waals surface area contributed by atoms with Gasteiger partial charge in [0.15, 0.2) is 0 Å². The molecule has 1 atom stereocenters. The summed E-state index contributed by atoms with van der Waals surface area (Å²) >= 11 is 12.9. The molecule has 224 valence electrons. The van der Waals surface area contributed by atoms with Crippen LogP contribution in [0.25, 0.3) is 0 Å². The number of benzene rings is 3. The molecule has 1 saturated carbocycles. The third-order valence-corrected chi connectivity index (χ3v) is 9.11. The maximum atomic E-state index is 14.0. The molecule has 1 aliphatic rings. The number of para-hydroxylation sites is 1. The first-order valence-corrected chi connectivity index (χ1v) is 16.5. The van der Waals surface area contributed by atoms with Crippen molar-refractivity contribution in [1.82, 2.24) is 10.2 Å². The Morgan fingerprint density at radius 1 is 0.929 bits per heavy atom. The lowest BCUT2D eigenvalue weighted by molar-refractivity contribution is -0.140. The normalized spacial score (nSPS) is 14.3. The Hall–Kier alpha value is -3.27. The van der Waals surface area contributed by atoms with Crippen molar-refractivity contribution in [3.05, 3.63) is 88.4 Å². The number of nitrogens with zero attached hydrogens (tertiary/aromatic N) is 2. The highest BCUT2D eigenvalue weighted by Crippen LogP contribution is 2.29. The highest BCUT2D eigenvalue weighted by molar-refractivity contribution is 7.92. The number of carbonyl (C=O) groups excluding carboxylic acids is 2. The predicted octanol–water partition coefficient (Wildman–Crippen LogP) is 6.42. The Kier molecular flexibility index (Phi) is 10.8. The van der Waals surface area contributed by atoms with Gasteiger partial charge in [-0.05, 0) is 67.8 Å². The molecule has 1 N–H and O–H groups in total. The van der Waals surface area contributed by atoms with E-state index in [9.17, 15) is 18.0 Å². The summed E-state index contributed by atoms with van der Waals surface area (Å²) in [5.41, 5.74) is 0.764. The van der Waals surface area contributed by atoms with Gasteiger partial charge in [0.2, 0.25) is 21.8 Å². The molecule has 0 heterocycles. The molecule has 8 nitrogen and oxygen atoms in total. The van der Waals surface area contributed by atoms with Gasteiger partial charge in [0.05, 0.1) is 11.9 Å². The van der Waals surface area contributed by atoms with Crippen molar-refractivity contribution in [3.63, 3.8) is 0 Å². The Labute approximate surface area is 257 Å². The molecule has 1 fully saturated rings. The van der Waals surface area contributed by atoms with Gasteiger partial charge in [-0.15, -0.1) is 0 Å². The molecule has 4 rings (SSSR count). The molecule has 1 aliphatic carbocycles. The largest absolute Gasteiger partial charge is 0.457 e. The number of rotatable bonds is 12. The van der Waals surface area contributed by atoms with Gasteiger partial charge in [0.1, 0.15) is 24.1 Å². The highest BCUT2D eigenvalue weighted by Gasteiger charge is 2.33. The number of hydrogen-bond acceptors (Lipinski definition) is 5. The van der Waals surface area contributed by atoms with Crippen LogP contribution < -0.4 is 14.4 Å². The highest BCUT2D eigenvalue weighted by atomic mass is 35.5. The van der Waals surface area contributed by atoms with E-state index in [1.54, 1.807) is 42.5 Å². The number of sulfonamides is 1. The zero-order valence-electron chi connectivity index (χ0n) is 23.6. The lowest BCUT2D eigenvalue weighted by Crippen LogP contribution is -2.53. The smallest absolute Gasteiger partial charge is 0.244 e. The van der Waals surface area contributed by atoms with Gasteiger partial charge in [0.25, 0.3) is 0 Å². The number of halogens is 2. The Morgan fingerprint density at radius 3 is 2.10 bits per heavy atom. The molecule has 0 saturated heterocycles. The number of nitrogens with one attached hydrogen (secondary N) is 1. The lowest BCUT2D eigenvalue weighted by atomic mass is 10.1. The van der Waals surface area contributed by atoms with Crippen LogP contribution in [0, 0.1) is 0 Å². The van der Waals surface area contributed by atoms with E-state index in [2.05, 4.69) is 5.32 Å². The maximum absolute atomic E-state index is 14.0. The molecule has 42 heavy (non-hydrogen) atoms. The maximum Gasteiger partial charge on any atom is 0.244 e. The molecule has 11 heteroatoms. The number of carbonyl (C=O) groups is 2. The van der Waals surface area contributed by atoms with Crippen molar-refractivity contribution in [2.24, 2.45) is 0 Å². The van der Waals surface area contributed by atoms with Gasteiger partial charge in [-0.25, -0.2) is 8.42 Å². The molecule has 0 bridgehead atoms. The molecule has 0 spiro atoms. The Morgan fingerprint density at radius 2 is 1.52 bits per heavy atom. The summed E-state index contributed by atoms with van der Waals surface area (Å²) in [6.45, 7) is 1.23. The van der Waals surface area contributed by atoms with Crippen LogP contribution in [0.4, 0.5) is 5.69 Å². The first-order valence-electron chi connectivity index (χ1n) is 13.9. The predicted molar refractivity (Wildman–Crippen MR) is 167 cm³/mol. The molecule has 1 unspecified atom stereocenters. The fourth-order valence-electron chi connectivity index (χ4n) is 5.06. The van der Waals surface area contributed by atoms with Crippen LogP contribution in [0.3, 0.4) is 0 Å². The first kappa shape index (κ1) is 31.7. The summed E-state index contributed by atoms with van der Waals surface area (Å²) in [5, 5.41) is 3.77. The van der Waals surface area contributed by atoms with E-state index in [1.165, 1.54) is 4.90 Å². The summed E-state index contributed by atoms with van der Waals surface area (Å²) < 4.78 is 32.7. The average Bonchev–Trinajstić information content (AvgIpc) is 3.46. The summed E-state index contributed by atoms with van der Waals surface area (Å²) in [6.07, 6.45) is 5.21. The van der Waals surface area contributed by atoms with E-state index in [-0.39, 0.29) is 24.2 Å². The summed E-state index contributed by atoms with van der Waals surface area (Å²) in [6, 6.07) is 19.8. The molecular formula is C31H35Cl2N3O5S. The number of amides is 2. The standard InChI is InChI=1S/C31H35Cl2N3O5S/c1-3-29(31(38)34-22-10-7-8-11-22)35(20-26-27(32)14-9-15-28(26)33)30(37)21-36(42(2,39)40)23-16-18-25(19-17-23)41-24-12-5-4-6-13-24/h4-6,9,12-19,22,29H,3,7-8,10-11,20-21H2,1-2H3,(H,34,38).